The molecule has 1 aliphatic rings. The first-order chi connectivity index (χ1) is 6.53. The zero-order chi connectivity index (χ0) is 10.6. The van der Waals surface area contributed by atoms with Crippen LogP contribution in [0.2, 0.25) is 0 Å². The molecule has 14 heavy (non-hydrogen) atoms. The van der Waals surface area contributed by atoms with Gasteiger partial charge >= 0.3 is 0 Å². The lowest BCUT2D eigenvalue weighted by atomic mass is 10.0. The lowest BCUT2D eigenvalue weighted by molar-refractivity contribution is -0.128. The van der Waals surface area contributed by atoms with Crippen LogP contribution in [0.3, 0.4) is 0 Å². The second-order valence-electron chi connectivity index (χ2n) is 4.45. The van der Waals surface area contributed by atoms with E-state index in [1.165, 1.54) is 0 Å². The van der Waals surface area contributed by atoms with E-state index in [1.54, 1.807) is 19.0 Å². The van der Waals surface area contributed by atoms with Crippen LogP contribution < -0.4 is 10.6 Å². The lowest BCUT2D eigenvalue weighted by Crippen LogP contribution is -2.45. The van der Waals surface area contributed by atoms with Crippen molar-refractivity contribution in [3.8, 4) is 0 Å². The van der Waals surface area contributed by atoms with Gasteiger partial charge in [0.05, 0.1) is 0 Å². The quantitative estimate of drug-likeness (QED) is 0.659. The fraction of sp³-hybridized carbons (Fsp3) is 0.900. The number of hydrogen-bond donors (Lipinski definition) is 2. The highest BCUT2D eigenvalue weighted by molar-refractivity contribution is 5.75. The van der Waals surface area contributed by atoms with Crippen LogP contribution >= 0.6 is 0 Å². The summed E-state index contributed by atoms with van der Waals surface area (Å²) in [4.78, 5) is 12.9. The molecule has 1 fully saturated rings. The Morgan fingerprint density at radius 3 is 2.79 bits per heavy atom. The van der Waals surface area contributed by atoms with Crippen molar-refractivity contribution >= 4 is 5.91 Å². The molecule has 2 N–H and O–H groups in total. The van der Waals surface area contributed by atoms with Crippen LogP contribution in [0.1, 0.15) is 19.8 Å². The summed E-state index contributed by atoms with van der Waals surface area (Å²) in [6, 6.07) is 0. The number of hydrogen-bond acceptors (Lipinski definition) is 3. The first-order valence-electron chi connectivity index (χ1n) is 5.19. The third-order valence-corrected chi connectivity index (χ3v) is 2.76. The smallest absolute Gasteiger partial charge is 0.223 e. The predicted molar refractivity (Wildman–Crippen MR) is 57.2 cm³/mol. The van der Waals surface area contributed by atoms with E-state index < -0.39 is 0 Å². The van der Waals surface area contributed by atoms with Crippen molar-refractivity contribution in [3.05, 3.63) is 0 Å². The van der Waals surface area contributed by atoms with Gasteiger partial charge in [0, 0.05) is 39.1 Å². The van der Waals surface area contributed by atoms with E-state index in [0.29, 0.717) is 6.42 Å². The minimum Gasteiger partial charge on any atom is -0.349 e. The van der Waals surface area contributed by atoms with Crippen molar-refractivity contribution < 1.29 is 4.79 Å². The Morgan fingerprint density at radius 1 is 1.57 bits per heavy atom. The fourth-order valence-corrected chi connectivity index (χ4v) is 1.66. The SMILES string of the molecule is CN(C)C(=O)CCNC1(C)CCNC1. The normalized spacial score (nSPS) is 26.5. The zero-order valence-corrected chi connectivity index (χ0v) is 9.39. The first kappa shape index (κ1) is 11.5. The van der Waals surface area contributed by atoms with E-state index in [0.717, 1.165) is 26.1 Å². The van der Waals surface area contributed by atoms with E-state index in [1.807, 2.05) is 0 Å². The minimum absolute atomic E-state index is 0.187. The second kappa shape index (κ2) is 4.75. The Balaban J connectivity index is 2.17. The standard InChI is InChI=1S/C10H21N3O/c1-10(5-7-11-8-10)12-6-4-9(14)13(2)3/h11-12H,4-8H2,1-3H3. The van der Waals surface area contributed by atoms with Crippen molar-refractivity contribution in [3.63, 3.8) is 0 Å². The highest BCUT2D eigenvalue weighted by Gasteiger charge is 2.27. The Morgan fingerprint density at radius 2 is 2.29 bits per heavy atom. The molecule has 1 atom stereocenters. The van der Waals surface area contributed by atoms with Crippen LogP contribution in [0.15, 0.2) is 0 Å². The number of amides is 1. The van der Waals surface area contributed by atoms with Gasteiger partial charge in [-0.2, -0.15) is 0 Å². The van der Waals surface area contributed by atoms with Gasteiger partial charge in [-0.3, -0.25) is 4.79 Å². The summed E-state index contributed by atoms with van der Waals surface area (Å²) in [6.07, 6.45) is 1.73. The monoisotopic (exact) mass is 199 g/mol. The van der Waals surface area contributed by atoms with E-state index in [4.69, 9.17) is 0 Å². The second-order valence-corrected chi connectivity index (χ2v) is 4.45. The number of nitrogens with one attached hydrogen (secondary N) is 2. The third-order valence-electron chi connectivity index (χ3n) is 2.76. The van der Waals surface area contributed by atoms with Crippen LogP contribution in [-0.4, -0.2) is 50.1 Å². The zero-order valence-electron chi connectivity index (χ0n) is 9.39. The van der Waals surface area contributed by atoms with Crippen LogP contribution in [0, 0.1) is 0 Å². The molecule has 1 heterocycles. The molecule has 0 aromatic rings. The maximum atomic E-state index is 11.3. The van der Waals surface area contributed by atoms with Crippen molar-refractivity contribution in [2.24, 2.45) is 0 Å². The maximum Gasteiger partial charge on any atom is 0.223 e. The summed E-state index contributed by atoms with van der Waals surface area (Å²) in [5.74, 6) is 0.187. The molecule has 0 radical (unpaired) electrons. The Labute approximate surface area is 86.0 Å². The molecule has 1 unspecified atom stereocenters. The molecule has 1 amide bonds. The van der Waals surface area contributed by atoms with E-state index in [9.17, 15) is 4.79 Å². The highest BCUT2D eigenvalue weighted by atomic mass is 16.2. The summed E-state index contributed by atoms with van der Waals surface area (Å²) in [7, 11) is 3.59. The van der Waals surface area contributed by atoms with Crippen molar-refractivity contribution in [1.82, 2.24) is 15.5 Å². The third kappa shape index (κ3) is 3.27. The maximum absolute atomic E-state index is 11.3. The summed E-state index contributed by atoms with van der Waals surface area (Å²) in [6.45, 7) is 5.05. The summed E-state index contributed by atoms with van der Waals surface area (Å²) < 4.78 is 0. The molecule has 1 saturated heterocycles. The Kier molecular flexibility index (Phi) is 3.89. The molecule has 82 valence electrons. The van der Waals surface area contributed by atoms with E-state index in [-0.39, 0.29) is 11.4 Å². The van der Waals surface area contributed by atoms with E-state index in [2.05, 4.69) is 17.6 Å². The van der Waals surface area contributed by atoms with Gasteiger partial charge in [-0.05, 0) is 19.9 Å². The molecule has 0 saturated carbocycles. The van der Waals surface area contributed by atoms with Gasteiger partial charge in [0.2, 0.25) is 5.91 Å². The van der Waals surface area contributed by atoms with Gasteiger partial charge in [-0.25, -0.2) is 0 Å². The van der Waals surface area contributed by atoms with Gasteiger partial charge in [0.1, 0.15) is 0 Å². The van der Waals surface area contributed by atoms with Crippen LogP contribution in [0.4, 0.5) is 0 Å². The molecular formula is C10H21N3O. The van der Waals surface area contributed by atoms with Crippen molar-refractivity contribution in [2.75, 3.05) is 33.7 Å². The molecule has 0 aromatic heterocycles. The molecule has 0 aromatic carbocycles. The molecule has 0 spiro atoms. The molecule has 0 aliphatic carbocycles. The lowest BCUT2D eigenvalue weighted by Gasteiger charge is -2.24. The largest absolute Gasteiger partial charge is 0.349 e. The minimum atomic E-state index is 0.187. The van der Waals surface area contributed by atoms with Crippen LogP contribution in [0.5, 0.6) is 0 Å². The number of carbonyl (C=O) groups is 1. The molecular weight excluding hydrogens is 178 g/mol. The van der Waals surface area contributed by atoms with Crippen molar-refractivity contribution in [2.45, 2.75) is 25.3 Å². The van der Waals surface area contributed by atoms with Gasteiger partial charge in [-0.1, -0.05) is 0 Å². The summed E-state index contributed by atoms with van der Waals surface area (Å²) >= 11 is 0. The van der Waals surface area contributed by atoms with E-state index >= 15 is 0 Å². The molecule has 4 heteroatoms. The van der Waals surface area contributed by atoms with Crippen LogP contribution in [-0.2, 0) is 4.79 Å². The van der Waals surface area contributed by atoms with Gasteiger partial charge in [0.15, 0.2) is 0 Å². The van der Waals surface area contributed by atoms with Crippen LogP contribution in [0.25, 0.3) is 0 Å². The average molecular weight is 199 g/mol. The number of carbonyl (C=O) groups excluding carboxylic acids is 1. The van der Waals surface area contributed by atoms with Gasteiger partial charge in [-0.15, -0.1) is 0 Å². The number of rotatable bonds is 4. The molecule has 1 rings (SSSR count). The highest BCUT2D eigenvalue weighted by Crippen LogP contribution is 2.12. The first-order valence-corrected chi connectivity index (χ1v) is 5.19. The molecule has 4 nitrogen and oxygen atoms in total. The summed E-state index contributed by atoms with van der Waals surface area (Å²) in [5, 5.41) is 6.75. The van der Waals surface area contributed by atoms with Crippen molar-refractivity contribution in [1.29, 1.82) is 0 Å². The van der Waals surface area contributed by atoms with Gasteiger partial charge < -0.3 is 15.5 Å². The average Bonchev–Trinajstić information content (AvgIpc) is 2.52. The fourth-order valence-electron chi connectivity index (χ4n) is 1.66. The summed E-state index contributed by atoms with van der Waals surface area (Å²) in [5.41, 5.74) is 0.187. The topological polar surface area (TPSA) is 44.4 Å². The molecule has 0 bridgehead atoms. The Hall–Kier alpha value is -0.610. The predicted octanol–water partition coefficient (Wildman–Crippen LogP) is -0.194. The molecule has 1 aliphatic heterocycles. The number of nitrogens with zero attached hydrogens (tertiary/aromatic N) is 1. The van der Waals surface area contributed by atoms with Gasteiger partial charge in [0.25, 0.3) is 0 Å². The Bertz CT molecular complexity index is 198.